The van der Waals surface area contributed by atoms with Crippen LogP contribution >= 0.6 is 0 Å². The maximum absolute atomic E-state index is 12.7. The normalized spacial score (nSPS) is 12.4. The van der Waals surface area contributed by atoms with Crippen molar-refractivity contribution in [1.82, 2.24) is 9.97 Å². The van der Waals surface area contributed by atoms with Gasteiger partial charge in [-0.3, -0.25) is 9.59 Å². The summed E-state index contributed by atoms with van der Waals surface area (Å²) >= 11 is 0. The summed E-state index contributed by atoms with van der Waals surface area (Å²) in [5.41, 5.74) is 8.88. The van der Waals surface area contributed by atoms with Gasteiger partial charge in [0, 0.05) is 66.7 Å². The number of hydrogen-bond acceptors (Lipinski definition) is 4. The van der Waals surface area contributed by atoms with Gasteiger partial charge in [-0.05, 0) is 98.5 Å². The summed E-state index contributed by atoms with van der Waals surface area (Å²) in [6, 6.07) is 39.3. The highest BCUT2D eigenvalue weighted by Gasteiger charge is 2.15. The van der Waals surface area contributed by atoms with E-state index < -0.39 is 0 Å². The third kappa shape index (κ3) is 5.57. The van der Waals surface area contributed by atoms with Gasteiger partial charge in [0.1, 0.15) is 0 Å². The summed E-state index contributed by atoms with van der Waals surface area (Å²) in [6.07, 6.45) is 4.17. The largest absolute Gasteiger partial charge is 0.358 e. The van der Waals surface area contributed by atoms with Gasteiger partial charge in [0.2, 0.25) is 0 Å². The molecule has 0 spiro atoms. The number of pyridine rings is 2. The van der Waals surface area contributed by atoms with Crippen LogP contribution in [0, 0.1) is 0 Å². The van der Waals surface area contributed by atoms with Crippen molar-refractivity contribution in [1.29, 1.82) is 0 Å². The molecule has 2 aromatic heterocycles. The number of para-hydroxylation sites is 3. The van der Waals surface area contributed by atoms with Crippen molar-refractivity contribution in [2.45, 2.75) is 25.7 Å². The van der Waals surface area contributed by atoms with Gasteiger partial charge in [0.05, 0.1) is 0 Å². The van der Waals surface area contributed by atoms with Crippen LogP contribution in [0.25, 0.3) is 32.7 Å². The molecule has 6 nitrogen and oxygen atoms in total. The molecule has 0 fully saturated rings. The van der Waals surface area contributed by atoms with E-state index in [2.05, 4.69) is 20.6 Å². The first-order valence-corrected chi connectivity index (χ1v) is 15.0. The molecular formula is C38H32N4O2. The lowest BCUT2D eigenvalue weighted by molar-refractivity contribution is 0.668. The van der Waals surface area contributed by atoms with Crippen LogP contribution in [0.1, 0.15) is 24.1 Å². The van der Waals surface area contributed by atoms with Crippen LogP contribution in [0.3, 0.4) is 0 Å². The molecule has 44 heavy (non-hydrogen) atoms. The number of aromatic amines is 2. The van der Waals surface area contributed by atoms with E-state index in [1.807, 2.05) is 121 Å². The van der Waals surface area contributed by atoms with Gasteiger partial charge in [0.15, 0.2) is 10.9 Å². The molecule has 0 saturated carbocycles. The summed E-state index contributed by atoms with van der Waals surface area (Å²) < 4.78 is 0. The number of H-pyrrole nitrogens is 2. The second kappa shape index (κ2) is 11.9. The molecule has 0 aliphatic heterocycles. The van der Waals surface area contributed by atoms with Crippen LogP contribution < -0.4 is 21.5 Å². The van der Waals surface area contributed by atoms with Crippen molar-refractivity contribution < 1.29 is 0 Å². The van der Waals surface area contributed by atoms with Gasteiger partial charge in [-0.2, -0.15) is 0 Å². The first-order valence-electron chi connectivity index (χ1n) is 15.0. The standard InChI is InChI=1S/C19H18N2O.C19H14N2O/c2*22-19-15-8-4-5-9-17(15)21-18-11-10-14(12-16(18)19)20-13-6-2-1-3-7-13/h1-3,6-7,10-12,20H,4-5,8-9H2,(H,21,22);1-12,20H,(H,21,22). The van der Waals surface area contributed by atoms with Crippen molar-refractivity contribution in [3.05, 3.63) is 153 Å². The number of aryl methyl sites for hydroxylation is 1. The third-order valence-corrected chi connectivity index (χ3v) is 8.12. The predicted octanol–water partition coefficient (Wildman–Crippen LogP) is 8.58. The molecule has 2 heterocycles. The molecule has 216 valence electrons. The van der Waals surface area contributed by atoms with Gasteiger partial charge in [-0.1, -0.05) is 48.5 Å². The predicted molar refractivity (Wildman–Crippen MR) is 183 cm³/mol. The number of aromatic nitrogens is 2. The van der Waals surface area contributed by atoms with E-state index in [0.29, 0.717) is 10.8 Å². The summed E-state index contributed by atoms with van der Waals surface area (Å²) in [6.45, 7) is 0. The number of fused-ring (bicyclic) bond motifs is 4. The lowest BCUT2D eigenvalue weighted by Gasteiger charge is -2.16. The minimum atomic E-state index is 0.0565. The molecular weight excluding hydrogens is 544 g/mol. The summed E-state index contributed by atoms with van der Waals surface area (Å²) in [5, 5.41) is 8.86. The molecule has 0 bridgehead atoms. The average molecular weight is 577 g/mol. The highest BCUT2D eigenvalue weighted by Crippen LogP contribution is 2.24. The molecule has 0 saturated heterocycles. The minimum absolute atomic E-state index is 0.0565. The van der Waals surface area contributed by atoms with Gasteiger partial charge in [-0.15, -0.1) is 0 Å². The molecule has 1 aliphatic rings. The zero-order chi connectivity index (χ0) is 29.9. The zero-order valence-electron chi connectivity index (χ0n) is 24.2. The molecule has 6 heteroatoms. The van der Waals surface area contributed by atoms with Crippen LogP contribution in [0.4, 0.5) is 22.7 Å². The highest BCUT2D eigenvalue weighted by molar-refractivity contribution is 5.94. The van der Waals surface area contributed by atoms with Crippen LogP contribution in [-0.4, -0.2) is 9.97 Å². The zero-order valence-corrected chi connectivity index (χ0v) is 24.2. The Balaban J connectivity index is 0.000000142. The Bertz CT molecular complexity index is 2220. The maximum Gasteiger partial charge on any atom is 0.197 e. The van der Waals surface area contributed by atoms with Crippen LogP contribution in [0.2, 0.25) is 0 Å². The first kappa shape index (κ1) is 27.2. The first-order chi connectivity index (χ1) is 21.6. The average Bonchev–Trinajstić information content (AvgIpc) is 3.07. The van der Waals surface area contributed by atoms with Crippen molar-refractivity contribution in [2.75, 3.05) is 10.6 Å². The fraction of sp³-hybridized carbons (Fsp3) is 0.105. The van der Waals surface area contributed by atoms with E-state index in [-0.39, 0.29) is 10.9 Å². The minimum Gasteiger partial charge on any atom is -0.358 e. The topological polar surface area (TPSA) is 89.8 Å². The maximum atomic E-state index is 12.7. The van der Waals surface area contributed by atoms with E-state index in [1.165, 1.54) is 6.42 Å². The molecule has 8 rings (SSSR count). The molecule has 1 aliphatic carbocycles. The Kier molecular flexibility index (Phi) is 7.39. The second-order valence-electron chi connectivity index (χ2n) is 11.1. The van der Waals surface area contributed by atoms with Gasteiger partial charge < -0.3 is 20.6 Å². The smallest absolute Gasteiger partial charge is 0.197 e. The Morgan fingerprint density at radius 2 is 0.977 bits per heavy atom. The fourth-order valence-electron chi connectivity index (χ4n) is 5.91. The van der Waals surface area contributed by atoms with Crippen LogP contribution in [0.5, 0.6) is 0 Å². The lowest BCUT2D eigenvalue weighted by atomic mass is 9.94. The molecule has 0 atom stereocenters. The van der Waals surface area contributed by atoms with Gasteiger partial charge in [0.25, 0.3) is 0 Å². The lowest BCUT2D eigenvalue weighted by Crippen LogP contribution is -2.18. The Hall–Kier alpha value is -5.62. The van der Waals surface area contributed by atoms with Crippen LogP contribution in [-0.2, 0) is 12.8 Å². The van der Waals surface area contributed by atoms with Crippen molar-refractivity contribution >= 4 is 55.5 Å². The van der Waals surface area contributed by atoms with Crippen molar-refractivity contribution in [3.63, 3.8) is 0 Å². The van der Waals surface area contributed by atoms with E-state index in [9.17, 15) is 9.59 Å². The molecule has 5 aromatic carbocycles. The van der Waals surface area contributed by atoms with E-state index >= 15 is 0 Å². The monoisotopic (exact) mass is 576 g/mol. The Morgan fingerprint density at radius 3 is 1.64 bits per heavy atom. The summed E-state index contributed by atoms with van der Waals surface area (Å²) in [4.78, 5) is 32.1. The molecule has 0 amide bonds. The van der Waals surface area contributed by atoms with Crippen LogP contribution in [0.15, 0.2) is 131 Å². The van der Waals surface area contributed by atoms with E-state index in [0.717, 1.165) is 75.2 Å². The number of benzene rings is 5. The third-order valence-electron chi connectivity index (χ3n) is 8.12. The summed E-state index contributed by atoms with van der Waals surface area (Å²) in [5.74, 6) is 0. The number of anilines is 4. The van der Waals surface area contributed by atoms with Crippen molar-refractivity contribution in [2.24, 2.45) is 0 Å². The quantitative estimate of drug-likeness (QED) is 0.158. The SMILES string of the molecule is O=c1c2c([nH]c3ccc(Nc4ccccc4)cc13)CCCC2.O=c1c2ccccc2[nH]c2ccc(Nc3ccccc3)cc12. The molecule has 7 aromatic rings. The van der Waals surface area contributed by atoms with E-state index in [1.54, 1.807) is 0 Å². The molecule has 0 radical (unpaired) electrons. The Labute approximate surface area is 254 Å². The number of hydrogen-bond donors (Lipinski definition) is 4. The van der Waals surface area contributed by atoms with E-state index in [4.69, 9.17) is 0 Å². The van der Waals surface area contributed by atoms with Crippen molar-refractivity contribution in [3.8, 4) is 0 Å². The Morgan fingerprint density at radius 1 is 0.455 bits per heavy atom. The fourth-order valence-corrected chi connectivity index (χ4v) is 5.91. The van der Waals surface area contributed by atoms with Gasteiger partial charge in [-0.25, -0.2) is 0 Å². The highest BCUT2D eigenvalue weighted by atomic mass is 16.1. The second-order valence-corrected chi connectivity index (χ2v) is 11.1. The molecule has 0 unspecified atom stereocenters. The summed E-state index contributed by atoms with van der Waals surface area (Å²) in [7, 11) is 0. The number of nitrogens with one attached hydrogen (secondary N) is 4. The number of rotatable bonds is 4. The molecule has 4 N–H and O–H groups in total. The van der Waals surface area contributed by atoms with Gasteiger partial charge >= 0.3 is 0 Å².